The average molecular weight is 285 g/mol. The first-order valence-electron chi connectivity index (χ1n) is 6.80. The monoisotopic (exact) mass is 285 g/mol. The molecule has 0 aliphatic carbocycles. The summed E-state index contributed by atoms with van der Waals surface area (Å²) in [6.45, 7) is 4.57. The molecule has 0 saturated heterocycles. The first kappa shape index (κ1) is 13.5. The molecule has 2 heterocycles. The van der Waals surface area contributed by atoms with E-state index in [-0.39, 0.29) is 5.82 Å². The molecule has 1 aromatic carbocycles. The third-order valence-electron chi connectivity index (χ3n) is 3.39. The number of aryl methyl sites for hydroxylation is 2. The Labute approximate surface area is 121 Å². The molecular weight excluding hydrogens is 269 g/mol. The quantitative estimate of drug-likeness (QED) is 0.800. The number of aromatic nitrogens is 4. The molecule has 5 nitrogen and oxygen atoms in total. The zero-order chi connectivity index (χ0) is 14.8. The predicted octanol–water partition coefficient (Wildman–Crippen LogP) is 2.53. The fourth-order valence-corrected chi connectivity index (χ4v) is 2.32. The summed E-state index contributed by atoms with van der Waals surface area (Å²) in [5, 5.41) is 7.48. The van der Waals surface area contributed by atoms with Gasteiger partial charge in [-0.05, 0) is 43.5 Å². The lowest BCUT2D eigenvalue weighted by Gasteiger charge is -2.10. The van der Waals surface area contributed by atoms with Gasteiger partial charge in [0, 0.05) is 18.3 Å². The number of nitrogens with zero attached hydrogens (tertiary/aromatic N) is 4. The van der Waals surface area contributed by atoms with Crippen LogP contribution in [0.2, 0.25) is 0 Å². The highest BCUT2D eigenvalue weighted by molar-refractivity contribution is 5.44. The van der Waals surface area contributed by atoms with Crippen LogP contribution in [-0.2, 0) is 6.42 Å². The summed E-state index contributed by atoms with van der Waals surface area (Å²) in [7, 11) is 0. The summed E-state index contributed by atoms with van der Waals surface area (Å²) in [4.78, 5) is 8.38. The van der Waals surface area contributed by atoms with Crippen molar-refractivity contribution in [1.29, 1.82) is 0 Å². The Morgan fingerprint density at radius 3 is 2.90 bits per heavy atom. The summed E-state index contributed by atoms with van der Waals surface area (Å²) in [5.74, 6) is 1.24. The van der Waals surface area contributed by atoms with E-state index in [1.807, 2.05) is 26.0 Å². The van der Waals surface area contributed by atoms with Crippen LogP contribution in [0.25, 0.3) is 5.78 Å². The van der Waals surface area contributed by atoms with Crippen molar-refractivity contribution in [2.75, 3.05) is 11.9 Å². The smallest absolute Gasteiger partial charge is 0.254 e. The van der Waals surface area contributed by atoms with Gasteiger partial charge in [0.25, 0.3) is 5.78 Å². The summed E-state index contributed by atoms with van der Waals surface area (Å²) < 4.78 is 14.7. The van der Waals surface area contributed by atoms with E-state index >= 15 is 0 Å². The van der Waals surface area contributed by atoms with Crippen LogP contribution in [-0.4, -0.2) is 26.1 Å². The van der Waals surface area contributed by atoms with E-state index in [1.54, 1.807) is 10.6 Å². The Morgan fingerprint density at radius 1 is 1.24 bits per heavy atom. The minimum atomic E-state index is -0.196. The minimum Gasteiger partial charge on any atom is -0.370 e. The highest BCUT2D eigenvalue weighted by Crippen LogP contribution is 2.13. The SMILES string of the molecule is Cc1cc(NCCc2ccc(F)cc2C)n2ncnc2n1. The molecule has 0 spiro atoms. The van der Waals surface area contributed by atoms with E-state index in [1.165, 1.54) is 12.4 Å². The molecule has 3 aromatic rings. The maximum absolute atomic E-state index is 13.1. The minimum absolute atomic E-state index is 0.196. The van der Waals surface area contributed by atoms with Gasteiger partial charge in [-0.15, -0.1) is 0 Å². The van der Waals surface area contributed by atoms with E-state index < -0.39 is 0 Å². The molecule has 108 valence electrons. The molecule has 2 aromatic heterocycles. The normalized spacial score (nSPS) is 11.0. The van der Waals surface area contributed by atoms with Crippen molar-refractivity contribution >= 4 is 11.6 Å². The number of halogens is 1. The van der Waals surface area contributed by atoms with E-state index in [0.29, 0.717) is 5.78 Å². The second-order valence-corrected chi connectivity index (χ2v) is 5.00. The third-order valence-corrected chi connectivity index (χ3v) is 3.39. The number of anilines is 1. The van der Waals surface area contributed by atoms with Crippen LogP contribution in [0.1, 0.15) is 16.8 Å². The largest absolute Gasteiger partial charge is 0.370 e. The highest BCUT2D eigenvalue weighted by Gasteiger charge is 2.05. The Balaban J connectivity index is 1.73. The maximum atomic E-state index is 13.1. The molecule has 6 heteroatoms. The van der Waals surface area contributed by atoms with Gasteiger partial charge in [-0.25, -0.2) is 9.37 Å². The molecule has 1 N–H and O–H groups in total. The number of nitrogens with one attached hydrogen (secondary N) is 1. The number of hydrogen-bond acceptors (Lipinski definition) is 4. The lowest BCUT2D eigenvalue weighted by Crippen LogP contribution is -2.10. The average Bonchev–Trinajstić information content (AvgIpc) is 2.89. The van der Waals surface area contributed by atoms with Crippen molar-refractivity contribution < 1.29 is 4.39 Å². The van der Waals surface area contributed by atoms with Crippen molar-refractivity contribution in [2.24, 2.45) is 0 Å². The van der Waals surface area contributed by atoms with Gasteiger partial charge in [-0.2, -0.15) is 14.6 Å². The van der Waals surface area contributed by atoms with Crippen molar-refractivity contribution in [3.63, 3.8) is 0 Å². The van der Waals surface area contributed by atoms with Gasteiger partial charge in [0.05, 0.1) is 0 Å². The first-order chi connectivity index (χ1) is 10.1. The molecule has 0 radical (unpaired) electrons. The zero-order valence-electron chi connectivity index (χ0n) is 12.0. The van der Waals surface area contributed by atoms with Crippen LogP contribution in [0.5, 0.6) is 0 Å². The molecular formula is C15H16FN5. The maximum Gasteiger partial charge on any atom is 0.254 e. The van der Waals surface area contributed by atoms with E-state index in [9.17, 15) is 4.39 Å². The molecule has 0 bridgehead atoms. The predicted molar refractivity (Wildman–Crippen MR) is 78.8 cm³/mol. The summed E-state index contributed by atoms with van der Waals surface area (Å²) in [6.07, 6.45) is 2.29. The summed E-state index contributed by atoms with van der Waals surface area (Å²) >= 11 is 0. The zero-order valence-corrected chi connectivity index (χ0v) is 12.0. The molecule has 0 aliphatic heterocycles. The fraction of sp³-hybridized carbons (Fsp3) is 0.267. The molecule has 0 amide bonds. The molecule has 21 heavy (non-hydrogen) atoms. The Bertz CT molecular complexity index is 781. The number of benzene rings is 1. The number of hydrogen-bond donors (Lipinski definition) is 1. The van der Waals surface area contributed by atoms with Gasteiger partial charge >= 0.3 is 0 Å². The van der Waals surface area contributed by atoms with Gasteiger partial charge in [-0.3, -0.25) is 0 Å². The standard InChI is InChI=1S/C15H16FN5/c1-10-7-13(16)4-3-12(10)5-6-17-14-8-11(2)20-15-18-9-19-21(14)15/h3-4,7-9,17H,5-6H2,1-2H3. The topological polar surface area (TPSA) is 55.1 Å². The Hall–Kier alpha value is -2.50. The van der Waals surface area contributed by atoms with Crippen molar-refractivity contribution in [3.8, 4) is 0 Å². The van der Waals surface area contributed by atoms with Crippen LogP contribution in [0.3, 0.4) is 0 Å². The molecule has 0 unspecified atom stereocenters. The lowest BCUT2D eigenvalue weighted by molar-refractivity contribution is 0.625. The molecule has 0 saturated carbocycles. The molecule has 0 atom stereocenters. The molecule has 3 rings (SSSR count). The van der Waals surface area contributed by atoms with Gasteiger partial charge < -0.3 is 5.32 Å². The first-order valence-corrected chi connectivity index (χ1v) is 6.80. The second-order valence-electron chi connectivity index (χ2n) is 5.00. The highest BCUT2D eigenvalue weighted by atomic mass is 19.1. The molecule has 0 aliphatic rings. The van der Waals surface area contributed by atoms with E-state index in [2.05, 4.69) is 20.4 Å². The van der Waals surface area contributed by atoms with Crippen LogP contribution in [0.15, 0.2) is 30.6 Å². The Kier molecular flexibility index (Phi) is 3.51. The van der Waals surface area contributed by atoms with Crippen molar-refractivity contribution in [1.82, 2.24) is 19.6 Å². The Morgan fingerprint density at radius 2 is 2.10 bits per heavy atom. The fourth-order valence-electron chi connectivity index (χ4n) is 2.32. The summed E-state index contributed by atoms with van der Waals surface area (Å²) in [5.41, 5.74) is 2.98. The van der Waals surface area contributed by atoms with Crippen molar-refractivity contribution in [2.45, 2.75) is 20.3 Å². The molecule has 0 fully saturated rings. The van der Waals surface area contributed by atoms with Crippen LogP contribution >= 0.6 is 0 Å². The third kappa shape index (κ3) is 2.84. The van der Waals surface area contributed by atoms with Gasteiger partial charge in [0.1, 0.15) is 18.0 Å². The van der Waals surface area contributed by atoms with Crippen LogP contribution in [0, 0.1) is 19.7 Å². The van der Waals surface area contributed by atoms with Crippen molar-refractivity contribution in [3.05, 3.63) is 53.2 Å². The van der Waals surface area contributed by atoms with E-state index in [4.69, 9.17) is 0 Å². The number of rotatable bonds is 4. The van der Waals surface area contributed by atoms with Crippen LogP contribution < -0.4 is 5.32 Å². The second kappa shape index (κ2) is 5.47. The summed E-state index contributed by atoms with van der Waals surface area (Å²) in [6, 6.07) is 6.81. The van der Waals surface area contributed by atoms with Crippen LogP contribution in [0.4, 0.5) is 10.2 Å². The van der Waals surface area contributed by atoms with Gasteiger partial charge in [-0.1, -0.05) is 6.07 Å². The number of fused-ring (bicyclic) bond motifs is 1. The van der Waals surface area contributed by atoms with E-state index in [0.717, 1.165) is 35.6 Å². The lowest BCUT2D eigenvalue weighted by atomic mass is 10.1. The van der Waals surface area contributed by atoms with Gasteiger partial charge in [0.2, 0.25) is 0 Å². The van der Waals surface area contributed by atoms with Gasteiger partial charge in [0.15, 0.2) is 0 Å².